The molecule has 6 aliphatic rings. The fourth-order valence-corrected chi connectivity index (χ4v) is 15.6. The van der Waals surface area contributed by atoms with Crippen LogP contribution in [0.15, 0.2) is 85.7 Å². The van der Waals surface area contributed by atoms with Crippen LogP contribution in [-0.2, 0) is 97.7 Å². The first-order valence-corrected chi connectivity index (χ1v) is 39.8. The summed E-state index contributed by atoms with van der Waals surface area (Å²) >= 11 is 0. The Morgan fingerprint density at radius 1 is 0.545 bits per heavy atom. The molecule has 2 aromatic carbocycles. The minimum absolute atomic E-state index is 0.0193. The SMILES string of the molecule is CCCC(NC(=O)[C@@H]1C[C@@H]2CN1C(=O)[C@H](C1CCCCC1)NC(=O)Cc1cn(cn1)CCCCO2)C(=O)C(=O)NCC(=O)N[C@H](C(=O)N(C)C)c1ccccc1.CCCC(NC(=O)[C@@H]1C[C@@H]2CN1C(=O)[C@H](C1CCCCC1)NC(=O)Cc1cn(cn1)CCCCO2)C(O)C(=O)NCC(=O)N[C@H](C(=O)N(C)C)c1ccccc1. The van der Waals surface area contributed by atoms with Gasteiger partial charge in [-0.1, -0.05) is 126 Å². The van der Waals surface area contributed by atoms with Crippen molar-refractivity contribution in [2.24, 2.45) is 11.8 Å². The number of Topliss-reactive ketones (excluding diaryl/α,β-unsaturated/α-hetero) is 1. The Morgan fingerprint density at radius 2 is 0.973 bits per heavy atom. The van der Waals surface area contributed by atoms with Crippen LogP contribution in [0.2, 0.25) is 0 Å². The maximum Gasteiger partial charge on any atom is 0.290 e. The second-order valence-electron chi connectivity index (χ2n) is 30.6. The third kappa shape index (κ3) is 24.5. The molecular weight excluding hydrogens is 1440 g/mol. The minimum Gasteiger partial charge on any atom is -0.381 e. The monoisotopic (exact) mass is 1550 g/mol. The summed E-state index contributed by atoms with van der Waals surface area (Å²) < 4.78 is 16.3. The van der Waals surface area contributed by atoms with Crippen LogP contribution in [0.4, 0.5) is 0 Å². The summed E-state index contributed by atoms with van der Waals surface area (Å²) in [5.41, 5.74) is 2.33. The van der Waals surface area contributed by atoms with Crippen LogP contribution >= 0.6 is 0 Å². The Hall–Kier alpha value is -9.95. The number of nitrogens with one attached hydrogen (secondary N) is 8. The molecule has 10 rings (SSSR count). The molecule has 2 aliphatic carbocycles. The summed E-state index contributed by atoms with van der Waals surface area (Å²) in [5, 5.41) is 32.8. The molecule has 2 aromatic heterocycles. The average molecular weight is 1560 g/mol. The molecule has 2 saturated carbocycles. The molecule has 12 amide bonds. The van der Waals surface area contributed by atoms with Crippen molar-refractivity contribution < 1.29 is 76.9 Å². The van der Waals surface area contributed by atoms with Crippen LogP contribution < -0.4 is 42.5 Å². The van der Waals surface area contributed by atoms with Crippen molar-refractivity contribution in [2.45, 2.75) is 235 Å². The molecule has 9 N–H and O–H groups in total. The van der Waals surface area contributed by atoms with Crippen LogP contribution in [0.3, 0.4) is 0 Å². The molecule has 3 unspecified atom stereocenters. The molecule has 4 aromatic rings. The first-order chi connectivity index (χ1) is 53.9. The van der Waals surface area contributed by atoms with E-state index in [1.54, 1.807) is 108 Å². The largest absolute Gasteiger partial charge is 0.381 e. The number of amides is 12. The van der Waals surface area contributed by atoms with Gasteiger partial charge >= 0.3 is 0 Å². The molecule has 0 radical (unpaired) electrons. The Balaban J connectivity index is 0.000000257. The summed E-state index contributed by atoms with van der Waals surface area (Å²) in [7, 11) is 6.27. The molecule has 4 fully saturated rings. The van der Waals surface area contributed by atoms with E-state index >= 15 is 0 Å². The third-order valence-electron chi connectivity index (χ3n) is 21.6. The number of nitrogens with zero attached hydrogens (tertiary/aromatic N) is 8. The van der Waals surface area contributed by atoms with Gasteiger partial charge in [-0.2, -0.15) is 0 Å². The van der Waals surface area contributed by atoms with Gasteiger partial charge in [0.15, 0.2) is 6.10 Å². The lowest BCUT2D eigenvalue weighted by Gasteiger charge is -2.35. The van der Waals surface area contributed by atoms with E-state index in [1.165, 1.54) is 19.6 Å². The highest BCUT2D eigenvalue weighted by atomic mass is 16.5. The molecular formula is C80H114N16O16. The zero-order chi connectivity index (χ0) is 80.4. The average Bonchev–Trinajstić information content (AvgIpc) is 1.66. The predicted molar refractivity (Wildman–Crippen MR) is 410 cm³/mol. The smallest absolute Gasteiger partial charge is 0.290 e. The zero-order valence-electron chi connectivity index (χ0n) is 65.5. The summed E-state index contributed by atoms with van der Waals surface area (Å²) in [6.07, 6.45) is 18.3. The van der Waals surface area contributed by atoms with E-state index in [9.17, 15) is 67.4 Å². The second kappa shape index (κ2) is 42.6. The molecule has 32 nitrogen and oxygen atoms in total. The molecule has 6 heterocycles. The van der Waals surface area contributed by atoms with Gasteiger partial charge in [0.2, 0.25) is 64.9 Å². The fraction of sp³-hybridized carbons (Fsp3) is 0.613. The number of aryl methyl sites for hydroxylation is 2. The van der Waals surface area contributed by atoms with Crippen molar-refractivity contribution in [3.05, 3.63) is 108 Å². The van der Waals surface area contributed by atoms with Crippen molar-refractivity contribution >= 4 is 76.7 Å². The number of hydrogen-bond donors (Lipinski definition) is 9. The quantitative estimate of drug-likeness (QED) is 0.0454. The van der Waals surface area contributed by atoms with E-state index in [1.807, 2.05) is 28.5 Å². The standard InChI is InChI=1S/C40H58N8O8.C40H56N8O8/c2*1-4-13-30(36(51)38(53)41-22-33(50)45-34(39(54)46(2)3)26-14-7-5-8-15-26)43-37(52)31-21-29-24-48(31)40(55)35(27-16-9-6-10-17-27)44-32(49)20-28-23-47(25-42-28)18-11-12-19-56-29/h5,7-8,14-15,23,25,27,29-31,34-36,51H,4,6,9-13,16-22,24H2,1-3H3,(H,41,53)(H,43,52)(H,44,49)(H,45,50);5,7-8,14-15,23,25,27,29-31,34-35H,4,6,9-13,16-22,24H2,1-3H3,(H,41,53)(H,43,52)(H,44,49)(H,45,50)/t29-,30?,31+,34+,35+,36?;29-,30?,31+,34+,35+/m11/s1. The molecule has 610 valence electrons. The lowest BCUT2D eigenvalue weighted by atomic mass is 9.83. The van der Waals surface area contributed by atoms with Crippen LogP contribution in [0.5, 0.6) is 0 Å². The summed E-state index contributed by atoms with van der Waals surface area (Å²) in [6.45, 7) is 5.12. The Labute approximate surface area is 654 Å². The number of hydrogen-bond acceptors (Lipinski definition) is 18. The number of imidazole rings is 2. The van der Waals surface area contributed by atoms with E-state index in [4.69, 9.17) is 9.47 Å². The third-order valence-corrected chi connectivity index (χ3v) is 21.6. The molecule has 8 bridgehead atoms. The number of rotatable bonds is 24. The molecule has 0 spiro atoms. The van der Waals surface area contributed by atoms with Gasteiger partial charge in [-0.3, -0.25) is 62.3 Å². The lowest BCUT2D eigenvalue weighted by molar-refractivity contribution is -0.144. The fourth-order valence-electron chi connectivity index (χ4n) is 15.6. The highest BCUT2D eigenvalue weighted by molar-refractivity contribution is 6.38. The number of aliphatic hydroxyl groups excluding tert-OH is 1. The highest BCUT2D eigenvalue weighted by Crippen LogP contribution is 2.33. The van der Waals surface area contributed by atoms with Crippen LogP contribution in [-0.4, -0.2) is 243 Å². The Kier molecular flexibility index (Phi) is 32.7. The summed E-state index contributed by atoms with van der Waals surface area (Å²) in [5.74, 6) is -7.69. The summed E-state index contributed by atoms with van der Waals surface area (Å²) in [6, 6.07) is 9.44. The molecule has 2 saturated heterocycles. The number of aromatic nitrogens is 4. The normalized spacial score (nSPS) is 22.3. The van der Waals surface area contributed by atoms with Gasteiger partial charge in [-0.15, -0.1) is 0 Å². The Morgan fingerprint density at radius 3 is 1.40 bits per heavy atom. The molecule has 11 atom stereocenters. The van der Waals surface area contributed by atoms with Crippen molar-refractivity contribution in [2.75, 3.05) is 67.6 Å². The van der Waals surface area contributed by atoms with Gasteiger partial charge in [0.1, 0.15) is 36.3 Å². The van der Waals surface area contributed by atoms with Crippen molar-refractivity contribution in [3.63, 3.8) is 0 Å². The van der Waals surface area contributed by atoms with Crippen molar-refractivity contribution in [1.82, 2.24) is 81.2 Å². The number of fused-ring (bicyclic) bond motifs is 8. The van der Waals surface area contributed by atoms with E-state index in [-0.39, 0.29) is 98.9 Å². The van der Waals surface area contributed by atoms with Gasteiger partial charge in [0, 0.05) is 92.8 Å². The van der Waals surface area contributed by atoms with Gasteiger partial charge in [0.25, 0.3) is 11.8 Å². The van der Waals surface area contributed by atoms with Gasteiger partial charge in [0.05, 0.1) is 74.3 Å². The number of ether oxygens (including phenoxy) is 2. The summed E-state index contributed by atoms with van der Waals surface area (Å²) in [4.78, 5) is 190. The van der Waals surface area contributed by atoms with E-state index in [0.29, 0.717) is 61.7 Å². The van der Waals surface area contributed by atoms with E-state index in [2.05, 4.69) is 52.5 Å². The molecule has 4 aliphatic heterocycles. The number of carbonyl (C=O) groups is 13. The topological polar surface area (TPSA) is 405 Å². The van der Waals surface area contributed by atoms with E-state index < -0.39 is 121 Å². The number of likely N-dealkylation sites (N-methyl/N-ethyl adjacent to an activating group) is 2. The van der Waals surface area contributed by atoms with Crippen LogP contribution in [0.1, 0.15) is 177 Å². The predicted octanol–water partition coefficient (Wildman–Crippen LogP) is 2.16. The number of ketones is 1. The highest BCUT2D eigenvalue weighted by Gasteiger charge is 2.48. The first kappa shape index (κ1) is 86.0. The van der Waals surface area contributed by atoms with Gasteiger partial charge in [-0.05, 0) is 87.2 Å². The molecule has 112 heavy (non-hydrogen) atoms. The van der Waals surface area contributed by atoms with Crippen LogP contribution in [0.25, 0.3) is 0 Å². The van der Waals surface area contributed by atoms with Gasteiger partial charge in [-0.25, -0.2) is 9.97 Å². The zero-order valence-corrected chi connectivity index (χ0v) is 65.5. The Bertz CT molecular complexity index is 3860. The number of benzene rings is 2. The van der Waals surface area contributed by atoms with Crippen molar-refractivity contribution in [1.29, 1.82) is 0 Å². The first-order valence-electron chi connectivity index (χ1n) is 39.8. The number of aliphatic hydroxyl groups is 1. The lowest BCUT2D eigenvalue weighted by Crippen LogP contribution is -2.58. The number of carbonyl (C=O) groups excluding carboxylic acids is 13. The van der Waals surface area contributed by atoms with Crippen molar-refractivity contribution in [3.8, 4) is 0 Å². The maximum absolute atomic E-state index is 14.5. The second-order valence-corrected chi connectivity index (χ2v) is 30.6. The minimum atomic E-state index is -1.72. The maximum atomic E-state index is 14.5. The van der Waals surface area contributed by atoms with E-state index in [0.717, 1.165) is 89.9 Å². The van der Waals surface area contributed by atoms with Gasteiger partial charge < -0.3 is 85.8 Å². The van der Waals surface area contributed by atoms with Crippen LogP contribution in [0, 0.1) is 11.8 Å². The molecule has 32 heteroatoms.